The zero-order valence-corrected chi connectivity index (χ0v) is 23.4. The molecule has 12 heteroatoms. The van der Waals surface area contributed by atoms with Crippen LogP contribution in [0.25, 0.3) is 5.69 Å². The zero-order valence-electron chi connectivity index (χ0n) is 23.4. The molecule has 0 bridgehead atoms. The van der Waals surface area contributed by atoms with Crippen molar-refractivity contribution in [1.29, 1.82) is 0 Å². The molecule has 1 aromatic heterocycles. The number of hydrogen-bond donors (Lipinski definition) is 2. The number of alkyl halides is 3. The maximum absolute atomic E-state index is 14.2. The molecule has 0 saturated heterocycles. The van der Waals surface area contributed by atoms with Gasteiger partial charge in [-0.05, 0) is 61.0 Å². The number of benzene rings is 3. The van der Waals surface area contributed by atoms with Gasteiger partial charge in [0.1, 0.15) is 17.7 Å². The third-order valence-electron chi connectivity index (χ3n) is 7.28. The molecule has 0 spiro atoms. The molecule has 2 heterocycles. The second-order valence-electron chi connectivity index (χ2n) is 10.1. The number of likely N-dealkylation sites (N-methyl/N-ethyl adjacent to an activating group) is 1. The molecule has 0 radical (unpaired) electrons. The van der Waals surface area contributed by atoms with Crippen LogP contribution in [-0.4, -0.2) is 40.1 Å². The lowest BCUT2D eigenvalue weighted by molar-refractivity contribution is -0.137. The van der Waals surface area contributed by atoms with Gasteiger partial charge in [-0.25, -0.2) is 9.07 Å². The zero-order chi connectivity index (χ0) is 31.6. The molecule has 44 heavy (non-hydrogen) atoms. The van der Waals surface area contributed by atoms with Gasteiger partial charge in [-0.3, -0.25) is 19.3 Å². The number of para-hydroxylation sites is 1. The van der Waals surface area contributed by atoms with Crippen molar-refractivity contribution < 1.29 is 31.9 Å². The summed E-state index contributed by atoms with van der Waals surface area (Å²) in [5, 5.41) is 7.47. The largest absolute Gasteiger partial charge is 0.416 e. The van der Waals surface area contributed by atoms with Gasteiger partial charge < -0.3 is 11.1 Å². The smallest absolute Gasteiger partial charge is 0.366 e. The summed E-state index contributed by atoms with van der Waals surface area (Å²) in [5.41, 5.74) is 6.04. The second-order valence-corrected chi connectivity index (χ2v) is 10.1. The van der Waals surface area contributed by atoms with Crippen LogP contribution in [0.2, 0.25) is 0 Å². The van der Waals surface area contributed by atoms with E-state index in [2.05, 4.69) is 5.32 Å². The summed E-state index contributed by atoms with van der Waals surface area (Å²) >= 11 is 0. The minimum absolute atomic E-state index is 0.114. The monoisotopic (exact) mass is 605 g/mol. The van der Waals surface area contributed by atoms with Gasteiger partial charge in [-0.15, -0.1) is 0 Å². The third kappa shape index (κ3) is 5.96. The number of rotatable bonds is 8. The molecule has 2 atom stereocenters. The number of aromatic nitrogens is 2. The number of carbonyl (C=O) groups is 3. The molecule has 3 aromatic carbocycles. The molecule has 3 amide bonds. The van der Waals surface area contributed by atoms with E-state index in [4.69, 9.17) is 10.8 Å². The molecule has 0 saturated carbocycles. The molecule has 0 aliphatic carbocycles. The quantitative estimate of drug-likeness (QED) is 0.220. The Balaban J connectivity index is 1.70. The Bertz CT molecular complexity index is 1730. The van der Waals surface area contributed by atoms with Crippen LogP contribution in [0.15, 0.2) is 91.0 Å². The summed E-state index contributed by atoms with van der Waals surface area (Å²) in [5.74, 6) is -3.15. The highest BCUT2D eigenvalue weighted by Gasteiger charge is 2.46. The van der Waals surface area contributed by atoms with Gasteiger partial charge in [0.05, 0.1) is 16.9 Å². The first-order chi connectivity index (χ1) is 21.0. The van der Waals surface area contributed by atoms with E-state index in [9.17, 15) is 31.9 Å². The number of primary amides is 1. The highest BCUT2D eigenvalue weighted by Crippen LogP contribution is 2.44. The summed E-state index contributed by atoms with van der Waals surface area (Å²) < 4.78 is 55.8. The average molecular weight is 606 g/mol. The van der Waals surface area contributed by atoms with E-state index in [0.717, 1.165) is 12.1 Å². The number of nitrogens with zero attached hydrogens (tertiary/aromatic N) is 3. The average Bonchev–Trinajstić information content (AvgIpc) is 3.36. The predicted molar refractivity (Wildman–Crippen MR) is 155 cm³/mol. The van der Waals surface area contributed by atoms with E-state index < -0.39 is 47.2 Å². The van der Waals surface area contributed by atoms with Gasteiger partial charge in [0.2, 0.25) is 5.91 Å². The van der Waals surface area contributed by atoms with Crippen LogP contribution < -0.4 is 16.0 Å². The van der Waals surface area contributed by atoms with Crippen molar-refractivity contribution in [3.63, 3.8) is 0 Å². The van der Waals surface area contributed by atoms with E-state index in [-0.39, 0.29) is 18.5 Å². The summed E-state index contributed by atoms with van der Waals surface area (Å²) in [6.45, 7) is 1.90. The number of nitrogens with one attached hydrogen (secondary N) is 1. The van der Waals surface area contributed by atoms with Crippen LogP contribution in [0.1, 0.15) is 45.6 Å². The fourth-order valence-electron chi connectivity index (χ4n) is 5.35. The lowest BCUT2D eigenvalue weighted by Crippen LogP contribution is -2.55. The van der Waals surface area contributed by atoms with E-state index in [1.54, 1.807) is 35.9 Å². The van der Waals surface area contributed by atoms with Gasteiger partial charge >= 0.3 is 6.18 Å². The maximum Gasteiger partial charge on any atom is 0.416 e. The van der Waals surface area contributed by atoms with Gasteiger partial charge in [-0.2, -0.15) is 18.3 Å². The Morgan fingerprint density at radius 1 is 1.02 bits per heavy atom. The minimum Gasteiger partial charge on any atom is -0.366 e. The number of amides is 3. The number of allylic oxidation sites excluding steroid dienone is 1. The molecule has 4 aromatic rings. The number of halogens is 4. The first kappa shape index (κ1) is 30.2. The Kier molecular flexibility index (Phi) is 8.34. The van der Waals surface area contributed by atoms with Crippen LogP contribution in [-0.2, 0) is 22.2 Å². The van der Waals surface area contributed by atoms with Crippen LogP contribution in [0.5, 0.6) is 0 Å². The Labute approximate surface area is 249 Å². The molecule has 226 valence electrons. The van der Waals surface area contributed by atoms with Crippen molar-refractivity contribution in [2.45, 2.75) is 31.5 Å². The van der Waals surface area contributed by atoms with Crippen LogP contribution in [0, 0.1) is 5.82 Å². The van der Waals surface area contributed by atoms with E-state index in [1.165, 1.54) is 47.4 Å². The highest BCUT2D eigenvalue weighted by molar-refractivity contribution is 6.05. The van der Waals surface area contributed by atoms with Gasteiger partial charge in [0.15, 0.2) is 0 Å². The van der Waals surface area contributed by atoms with Crippen molar-refractivity contribution in [2.24, 2.45) is 5.73 Å². The van der Waals surface area contributed by atoms with Crippen LogP contribution >= 0.6 is 0 Å². The first-order valence-corrected chi connectivity index (χ1v) is 13.7. The number of hydrogen-bond acceptors (Lipinski definition) is 4. The lowest BCUT2D eigenvalue weighted by Gasteiger charge is -2.38. The minimum atomic E-state index is -4.68. The van der Waals surface area contributed by atoms with Gasteiger partial charge in [0.25, 0.3) is 11.8 Å². The molecule has 1 aliphatic heterocycles. The molecule has 3 N–H and O–H groups in total. The normalized spacial score (nSPS) is 16.7. The molecule has 1 aliphatic rings. The fourth-order valence-corrected chi connectivity index (χ4v) is 5.35. The van der Waals surface area contributed by atoms with Crippen molar-refractivity contribution in [2.75, 3.05) is 11.4 Å². The number of carbonyl (C=O) groups excluding carboxylic acids is 3. The summed E-state index contributed by atoms with van der Waals surface area (Å²) in [4.78, 5) is 40.5. The van der Waals surface area contributed by atoms with Gasteiger partial charge in [0, 0.05) is 30.0 Å². The van der Waals surface area contributed by atoms with Crippen molar-refractivity contribution in [1.82, 2.24) is 15.1 Å². The first-order valence-electron chi connectivity index (χ1n) is 13.7. The molecule has 0 fully saturated rings. The summed E-state index contributed by atoms with van der Waals surface area (Å²) in [6, 6.07) is 17.0. The molecule has 5 rings (SSSR count). The van der Waals surface area contributed by atoms with E-state index in [1.807, 2.05) is 6.07 Å². The maximum atomic E-state index is 14.2. The number of nitrogens with two attached hydrogens (primary N) is 1. The summed E-state index contributed by atoms with van der Waals surface area (Å²) in [7, 11) is 0. The van der Waals surface area contributed by atoms with Gasteiger partial charge in [-0.1, -0.05) is 42.5 Å². The SMILES string of the molecule is CCN1C(=O)[C@H](NC(=O)c2cccc(C(F)(F)F)c2)[C@H](c2ccc(F)cc2)c2c(C/C=C/C(N)=O)nn(-c3ccccc3)c21. The van der Waals surface area contributed by atoms with Crippen LogP contribution in [0.3, 0.4) is 0 Å². The predicted octanol–water partition coefficient (Wildman–Crippen LogP) is 4.91. The van der Waals surface area contributed by atoms with Crippen molar-refractivity contribution in [3.05, 3.63) is 125 Å². The number of fused-ring (bicyclic) bond motifs is 1. The highest BCUT2D eigenvalue weighted by atomic mass is 19.4. The molecule has 0 unspecified atom stereocenters. The Morgan fingerprint density at radius 2 is 1.73 bits per heavy atom. The second kappa shape index (κ2) is 12.2. The number of anilines is 1. The van der Waals surface area contributed by atoms with Crippen molar-refractivity contribution in [3.8, 4) is 5.69 Å². The van der Waals surface area contributed by atoms with E-state index >= 15 is 0 Å². The Hall–Kier alpha value is -5.26. The molecular formula is C32H27F4N5O3. The Morgan fingerprint density at radius 3 is 2.36 bits per heavy atom. The summed E-state index contributed by atoms with van der Waals surface area (Å²) in [6.07, 6.45) is -1.87. The van der Waals surface area contributed by atoms with Crippen LogP contribution in [0.4, 0.5) is 23.4 Å². The molecule has 8 nitrogen and oxygen atoms in total. The third-order valence-corrected chi connectivity index (χ3v) is 7.28. The standard InChI is InChI=1S/C32H27F4N5O3/c1-2-40-30-27(24(12-7-13-25(37)42)39-41(30)23-10-4-3-5-11-23)26(19-14-16-22(33)17-15-19)28(31(40)44)38-29(43)20-8-6-9-21(18-20)32(34,35)36/h3-11,13-18,26,28H,2,12H2,1H3,(H2,37,42)(H,38,43)/b13-7+/t26-,28-/m1/s1. The fraction of sp³-hybridized carbons (Fsp3) is 0.188. The van der Waals surface area contributed by atoms with E-state index in [0.29, 0.717) is 34.4 Å². The van der Waals surface area contributed by atoms with Crippen molar-refractivity contribution >= 4 is 23.5 Å². The lowest BCUT2D eigenvalue weighted by atomic mass is 9.80. The topological polar surface area (TPSA) is 110 Å². The molecular weight excluding hydrogens is 578 g/mol.